The zero-order valence-electron chi connectivity index (χ0n) is 11.0. The number of halogens is 1. The molecule has 1 aromatic rings. The first kappa shape index (κ1) is 14.0. The van der Waals surface area contributed by atoms with Gasteiger partial charge >= 0.3 is 0 Å². The van der Waals surface area contributed by atoms with Crippen LogP contribution in [0.25, 0.3) is 0 Å². The first-order valence-electron chi connectivity index (χ1n) is 6.82. The fourth-order valence-electron chi connectivity index (χ4n) is 1.92. The zero-order valence-corrected chi connectivity index (χ0v) is 12.6. The molecule has 1 aliphatic rings. The molecule has 18 heavy (non-hydrogen) atoms. The minimum absolute atomic E-state index is 0.394. The van der Waals surface area contributed by atoms with E-state index in [1.54, 1.807) is 0 Å². The largest absolute Gasteiger partial charge is 0.381 e. The van der Waals surface area contributed by atoms with Crippen molar-refractivity contribution in [2.24, 2.45) is 5.92 Å². The Morgan fingerprint density at radius 1 is 1.44 bits per heavy atom. The maximum Gasteiger partial charge on any atom is 0.0494 e. The smallest absolute Gasteiger partial charge is 0.0494 e. The van der Waals surface area contributed by atoms with Gasteiger partial charge in [0.05, 0.1) is 0 Å². The monoisotopic (exact) mass is 311 g/mol. The van der Waals surface area contributed by atoms with E-state index in [0.717, 1.165) is 36.6 Å². The second-order valence-electron chi connectivity index (χ2n) is 5.10. The number of hydrogen-bond donors (Lipinski definition) is 1. The third kappa shape index (κ3) is 5.09. The maximum atomic E-state index is 5.62. The average Bonchev–Trinajstić information content (AvgIpc) is 3.17. The molecule has 0 spiro atoms. The van der Waals surface area contributed by atoms with Crippen molar-refractivity contribution < 1.29 is 4.74 Å². The topological polar surface area (TPSA) is 21.3 Å². The van der Waals surface area contributed by atoms with Crippen LogP contribution in [0.4, 0.5) is 0 Å². The number of nitrogens with one attached hydrogen (secondary N) is 1. The first-order chi connectivity index (χ1) is 8.75. The summed E-state index contributed by atoms with van der Waals surface area (Å²) < 4.78 is 6.76. The number of hydrogen-bond acceptors (Lipinski definition) is 2. The van der Waals surface area contributed by atoms with Gasteiger partial charge in [0.25, 0.3) is 0 Å². The minimum atomic E-state index is 0.394. The standard InChI is InChI=1S/C15H22BrNO/c1-12(14-4-2-5-15(16)10-14)17-8-3-9-18-11-13-6-7-13/h2,4-5,10,12-13,17H,3,6-9,11H2,1H3. The Labute approximate surface area is 118 Å². The highest BCUT2D eigenvalue weighted by atomic mass is 79.9. The van der Waals surface area contributed by atoms with E-state index >= 15 is 0 Å². The molecule has 1 saturated carbocycles. The van der Waals surface area contributed by atoms with Crippen LogP contribution in [0.5, 0.6) is 0 Å². The highest BCUT2D eigenvalue weighted by Gasteiger charge is 2.20. The van der Waals surface area contributed by atoms with Crippen LogP contribution in [-0.2, 0) is 4.74 Å². The molecule has 0 aliphatic heterocycles. The number of ether oxygens (including phenoxy) is 1. The van der Waals surface area contributed by atoms with Crippen LogP contribution in [0, 0.1) is 5.92 Å². The van der Waals surface area contributed by atoms with Crippen molar-refractivity contribution in [2.45, 2.75) is 32.2 Å². The molecular weight excluding hydrogens is 290 g/mol. The molecule has 0 heterocycles. The predicted octanol–water partition coefficient (Wildman–Crippen LogP) is 3.92. The van der Waals surface area contributed by atoms with Gasteiger partial charge in [-0.2, -0.15) is 0 Å². The van der Waals surface area contributed by atoms with E-state index in [2.05, 4.69) is 52.4 Å². The summed E-state index contributed by atoms with van der Waals surface area (Å²) in [4.78, 5) is 0. The molecule has 1 fully saturated rings. The first-order valence-corrected chi connectivity index (χ1v) is 7.61. The fraction of sp³-hybridized carbons (Fsp3) is 0.600. The van der Waals surface area contributed by atoms with Crippen molar-refractivity contribution >= 4 is 15.9 Å². The number of rotatable bonds is 8. The van der Waals surface area contributed by atoms with Crippen molar-refractivity contribution in [3.05, 3.63) is 34.3 Å². The summed E-state index contributed by atoms with van der Waals surface area (Å²) in [6, 6.07) is 8.86. The molecule has 0 bridgehead atoms. The van der Waals surface area contributed by atoms with E-state index < -0.39 is 0 Å². The van der Waals surface area contributed by atoms with Crippen molar-refractivity contribution in [3.8, 4) is 0 Å². The maximum absolute atomic E-state index is 5.62. The summed E-state index contributed by atoms with van der Waals surface area (Å²) in [5.74, 6) is 0.874. The Morgan fingerprint density at radius 3 is 3.00 bits per heavy atom. The Bertz CT molecular complexity index is 365. The van der Waals surface area contributed by atoms with Gasteiger partial charge in [-0.1, -0.05) is 28.1 Å². The quantitative estimate of drug-likeness (QED) is 0.735. The molecule has 0 amide bonds. The van der Waals surface area contributed by atoms with E-state index in [0.29, 0.717) is 6.04 Å². The van der Waals surface area contributed by atoms with Crippen LogP contribution in [0.3, 0.4) is 0 Å². The van der Waals surface area contributed by atoms with Crippen molar-refractivity contribution in [3.63, 3.8) is 0 Å². The van der Waals surface area contributed by atoms with Gasteiger partial charge < -0.3 is 10.1 Å². The molecule has 1 unspecified atom stereocenters. The molecule has 1 N–H and O–H groups in total. The van der Waals surface area contributed by atoms with Crippen molar-refractivity contribution in [1.82, 2.24) is 5.32 Å². The van der Waals surface area contributed by atoms with E-state index in [-0.39, 0.29) is 0 Å². The average molecular weight is 312 g/mol. The summed E-state index contributed by atoms with van der Waals surface area (Å²) >= 11 is 3.50. The molecular formula is C15H22BrNO. The van der Waals surface area contributed by atoms with Crippen LogP contribution in [-0.4, -0.2) is 19.8 Å². The van der Waals surface area contributed by atoms with E-state index in [4.69, 9.17) is 4.74 Å². The Kier molecular flexibility index (Phi) is 5.67. The van der Waals surface area contributed by atoms with Crippen LogP contribution >= 0.6 is 15.9 Å². The second-order valence-corrected chi connectivity index (χ2v) is 6.02. The van der Waals surface area contributed by atoms with Crippen LogP contribution in [0.1, 0.15) is 37.8 Å². The lowest BCUT2D eigenvalue weighted by atomic mass is 10.1. The van der Waals surface area contributed by atoms with Crippen molar-refractivity contribution in [1.29, 1.82) is 0 Å². The summed E-state index contributed by atoms with van der Waals surface area (Å²) in [5.41, 5.74) is 1.32. The summed E-state index contributed by atoms with van der Waals surface area (Å²) in [7, 11) is 0. The summed E-state index contributed by atoms with van der Waals surface area (Å²) in [6.45, 7) is 5.07. The molecule has 2 nitrogen and oxygen atoms in total. The fourth-order valence-corrected chi connectivity index (χ4v) is 2.34. The van der Waals surface area contributed by atoms with Crippen LogP contribution < -0.4 is 5.32 Å². The van der Waals surface area contributed by atoms with Crippen molar-refractivity contribution in [2.75, 3.05) is 19.8 Å². The van der Waals surface area contributed by atoms with Gasteiger partial charge in [-0.25, -0.2) is 0 Å². The van der Waals surface area contributed by atoms with E-state index in [1.165, 1.54) is 18.4 Å². The van der Waals surface area contributed by atoms with Gasteiger partial charge in [0, 0.05) is 23.7 Å². The highest BCUT2D eigenvalue weighted by molar-refractivity contribution is 9.10. The third-order valence-electron chi connectivity index (χ3n) is 3.32. The third-order valence-corrected chi connectivity index (χ3v) is 3.81. The molecule has 3 heteroatoms. The summed E-state index contributed by atoms with van der Waals surface area (Å²) in [6.07, 6.45) is 3.83. The van der Waals surface area contributed by atoms with Crippen LogP contribution in [0.2, 0.25) is 0 Å². The molecule has 1 aromatic carbocycles. The molecule has 100 valence electrons. The van der Waals surface area contributed by atoms with Gasteiger partial charge in [-0.3, -0.25) is 0 Å². The molecule has 2 rings (SSSR count). The molecule has 1 aliphatic carbocycles. The molecule has 0 radical (unpaired) electrons. The van der Waals surface area contributed by atoms with Gasteiger partial charge in [0.2, 0.25) is 0 Å². The van der Waals surface area contributed by atoms with Gasteiger partial charge in [-0.15, -0.1) is 0 Å². The Hall–Kier alpha value is -0.380. The van der Waals surface area contributed by atoms with Gasteiger partial charge in [-0.05, 0) is 56.3 Å². The molecule has 1 atom stereocenters. The highest BCUT2D eigenvalue weighted by Crippen LogP contribution is 2.28. The Balaban J connectivity index is 1.57. The lowest BCUT2D eigenvalue weighted by Crippen LogP contribution is -2.21. The minimum Gasteiger partial charge on any atom is -0.381 e. The van der Waals surface area contributed by atoms with Gasteiger partial charge in [0.1, 0.15) is 0 Å². The predicted molar refractivity (Wildman–Crippen MR) is 78.7 cm³/mol. The summed E-state index contributed by atoms with van der Waals surface area (Å²) in [5, 5.41) is 3.53. The molecule has 0 aromatic heterocycles. The van der Waals surface area contributed by atoms with Crippen LogP contribution in [0.15, 0.2) is 28.7 Å². The SMILES string of the molecule is CC(NCCCOCC1CC1)c1cccc(Br)c1. The van der Waals surface area contributed by atoms with E-state index in [9.17, 15) is 0 Å². The lowest BCUT2D eigenvalue weighted by Gasteiger charge is -2.14. The van der Waals surface area contributed by atoms with E-state index in [1.807, 2.05) is 0 Å². The van der Waals surface area contributed by atoms with Gasteiger partial charge in [0.15, 0.2) is 0 Å². The Morgan fingerprint density at radius 2 is 2.28 bits per heavy atom. The normalized spacial score (nSPS) is 16.8. The molecule has 0 saturated heterocycles. The zero-order chi connectivity index (χ0) is 12.8. The second kappa shape index (κ2) is 7.27. The lowest BCUT2D eigenvalue weighted by molar-refractivity contribution is 0.121. The number of benzene rings is 1.